The smallest absolute Gasteiger partial charge is 0.295 e. The molecule has 8 heteroatoms. The number of anilines is 1. The van der Waals surface area contributed by atoms with Crippen molar-refractivity contribution in [2.24, 2.45) is 0 Å². The van der Waals surface area contributed by atoms with Gasteiger partial charge in [0, 0.05) is 19.2 Å². The second kappa shape index (κ2) is 9.67. The molecule has 34 heavy (non-hydrogen) atoms. The van der Waals surface area contributed by atoms with Gasteiger partial charge in [0.15, 0.2) is 11.5 Å². The Morgan fingerprint density at radius 3 is 2.71 bits per heavy atom. The molecule has 4 rings (SSSR count). The van der Waals surface area contributed by atoms with Gasteiger partial charge in [0.1, 0.15) is 18.1 Å². The molecule has 1 saturated heterocycles. The number of ether oxygens (including phenoxy) is 2. The van der Waals surface area contributed by atoms with Crippen LogP contribution in [0.25, 0.3) is 5.76 Å². The van der Waals surface area contributed by atoms with Crippen molar-refractivity contribution in [1.29, 1.82) is 0 Å². The highest BCUT2D eigenvalue weighted by Gasteiger charge is 2.46. The molecule has 180 valence electrons. The van der Waals surface area contributed by atoms with E-state index in [0.29, 0.717) is 49.6 Å². The molecule has 0 aliphatic carbocycles. The molecule has 2 aliphatic heterocycles. The van der Waals surface area contributed by atoms with Gasteiger partial charge in [0.2, 0.25) is 0 Å². The second-order valence-electron chi connectivity index (χ2n) is 8.46. The van der Waals surface area contributed by atoms with Gasteiger partial charge in [-0.3, -0.25) is 9.59 Å². The third kappa shape index (κ3) is 4.16. The van der Waals surface area contributed by atoms with Crippen LogP contribution in [-0.4, -0.2) is 60.2 Å². The van der Waals surface area contributed by atoms with Crippen LogP contribution in [0.1, 0.15) is 43.9 Å². The molecule has 0 aromatic heterocycles. The highest BCUT2D eigenvalue weighted by Crippen LogP contribution is 2.43. The maximum absolute atomic E-state index is 13.2. The number of rotatable bonds is 7. The van der Waals surface area contributed by atoms with Crippen molar-refractivity contribution in [3.8, 4) is 17.2 Å². The van der Waals surface area contributed by atoms with E-state index < -0.39 is 17.7 Å². The molecule has 1 unspecified atom stereocenters. The number of ketones is 1. The van der Waals surface area contributed by atoms with E-state index in [2.05, 4.69) is 0 Å². The van der Waals surface area contributed by atoms with E-state index in [4.69, 9.17) is 9.47 Å². The van der Waals surface area contributed by atoms with Gasteiger partial charge in [-0.05, 0) is 49.2 Å². The number of likely N-dealkylation sites (N-methyl/N-ethyl adjacent to an activating group) is 1. The number of aliphatic hydroxyl groups is 1. The molecule has 1 amide bonds. The number of hydrogen-bond acceptors (Lipinski definition) is 7. The number of benzene rings is 2. The van der Waals surface area contributed by atoms with Gasteiger partial charge < -0.3 is 29.5 Å². The molecule has 1 fully saturated rings. The SMILES string of the molecule is CCCCN1C(=O)C(=O)/C(=C(/O)c2ccc3c(c2)N(C)CCO3)C1c1ccc(O)c(OCC)c1. The molecule has 0 spiro atoms. The number of fused-ring (bicyclic) bond motifs is 1. The lowest BCUT2D eigenvalue weighted by Crippen LogP contribution is -2.30. The van der Waals surface area contributed by atoms with Gasteiger partial charge in [0.25, 0.3) is 11.7 Å². The monoisotopic (exact) mass is 466 g/mol. The molecule has 2 aliphatic rings. The van der Waals surface area contributed by atoms with Crippen LogP contribution in [0.4, 0.5) is 5.69 Å². The van der Waals surface area contributed by atoms with Gasteiger partial charge in [-0.2, -0.15) is 0 Å². The number of amides is 1. The Labute approximate surface area is 199 Å². The van der Waals surface area contributed by atoms with Gasteiger partial charge in [-0.25, -0.2) is 0 Å². The number of carbonyl (C=O) groups is 2. The third-order valence-corrected chi connectivity index (χ3v) is 6.22. The fourth-order valence-electron chi connectivity index (χ4n) is 4.41. The number of hydrogen-bond donors (Lipinski definition) is 2. The summed E-state index contributed by atoms with van der Waals surface area (Å²) in [7, 11) is 1.93. The Balaban J connectivity index is 1.86. The minimum atomic E-state index is -0.795. The number of phenols is 1. The third-order valence-electron chi connectivity index (χ3n) is 6.22. The topological polar surface area (TPSA) is 99.5 Å². The Bertz CT molecular complexity index is 1140. The number of aliphatic hydroxyl groups excluding tert-OH is 1. The summed E-state index contributed by atoms with van der Waals surface area (Å²) in [5.41, 5.74) is 1.83. The first-order valence-corrected chi connectivity index (χ1v) is 11.6. The summed E-state index contributed by atoms with van der Waals surface area (Å²) < 4.78 is 11.2. The fourth-order valence-corrected chi connectivity index (χ4v) is 4.41. The zero-order valence-corrected chi connectivity index (χ0v) is 19.7. The van der Waals surface area contributed by atoms with E-state index in [9.17, 15) is 19.8 Å². The van der Waals surface area contributed by atoms with E-state index in [1.54, 1.807) is 37.3 Å². The van der Waals surface area contributed by atoms with E-state index in [-0.39, 0.29) is 22.8 Å². The zero-order chi connectivity index (χ0) is 24.4. The maximum atomic E-state index is 13.2. The number of phenolic OH excluding ortho intramolecular Hbond substituents is 1. The van der Waals surface area contributed by atoms with Crippen LogP contribution in [-0.2, 0) is 9.59 Å². The molecule has 0 saturated carbocycles. The first kappa shape index (κ1) is 23.5. The van der Waals surface area contributed by atoms with Crippen molar-refractivity contribution in [1.82, 2.24) is 4.90 Å². The van der Waals surface area contributed by atoms with Crippen LogP contribution >= 0.6 is 0 Å². The van der Waals surface area contributed by atoms with Crippen LogP contribution in [0.3, 0.4) is 0 Å². The highest BCUT2D eigenvalue weighted by molar-refractivity contribution is 6.46. The molecule has 2 aromatic rings. The summed E-state index contributed by atoms with van der Waals surface area (Å²) in [6.45, 7) is 5.79. The number of carbonyl (C=O) groups excluding carboxylic acids is 2. The highest BCUT2D eigenvalue weighted by atomic mass is 16.5. The van der Waals surface area contributed by atoms with Crippen molar-refractivity contribution in [3.05, 3.63) is 53.1 Å². The summed E-state index contributed by atoms with van der Waals surface area (Å²) in [5.74, 6) is -0.695. The van der Waals surface area contributed by atoms with Crippen molar-refractivity contribution >= 4 is 23.1 Å². The first-order chi connectivity index (χ1) is 16.4. The minimum Gasteiger partial charge on any atom is -0.507 e. The minimum absolute atomic E-state index is 0.0218. The van der Waals surface area contributed by atoms with Gasteiger partial charge in [-0.1, -0.05) is 19.4 Å². The lowest BCUT2D eigenvalue weighted by atomic mass is 9.94. The van der Waals surface area contributed by atoms with Crippen LogP contribution in [0.5, 0.6) is 17.2 Å². The number of aromatic hydroxyl groups is 1. The molecule has 2 aromatic carbocycles. The van der Waals surface area contributed by atoms with E-state index >= 15 is 0 Å². The Morgan fingerprint density at radius 1 is 1.18 bits per heavy atom. The summed E-state index contributed by atoms with van der Waals surface area (Å²) in [6.07, 6.45) is 1.55. The standard InChI is InChI=1S/C26H30N2O6/c1-4-6-11-28-23(16-7-9-19(29)21(15-16)33-5-2)22(25(31)26(28)32)24(30)17-8-10-20-18(14-17)27(3)12-13-34-20/h7-10,14-15,23,29-30H,4-6,11-13H2,1-3H3/b24-22+. The second-order valence-corrected chi connectivity index (χ2v) is 8.46. The predicted molar refractivity (Wildman–Crippen MR) is 128 cm³/mol. The first-order valence-electron chi connectivity index (χ1n) is 11.6. The van der Waals surface area contributed by atoms with Crippen LogP contribution in [0.2, 0.25) is 0 Å². The quantitative estimate of drug-likeness (QED) is 0.363. The van der Waals surface area contributed by atoms with Crippen LogP contribution in [0.15, 0.2) is 42.0 Å². The average molecular weight is 467 g/mol. The molecule has 2 N–H and O–H groups in total. The Kier molecular flexibility index (Phi) is 6.68. The van der Waals surface area contributed by atoms with E-state index in [1.807, 2.05) is 18.9 Å². The number of likely N-dealkylation sites (tertiary alicyclic amines) is 1. The molecular weight excluding hydrogens is 436 g/mol. The van der Waals surface area contributed by atoms with Crippen LogP contribution in [0, 0.1) is 0 Å². The van der Waals surface area contributed by atoms with Crippen molar-refractivity contribution in [3.63, 3.8) is 0 Å². The normalized spacial score (nSPS) is 19.2. The number of Topliss-reactive ketones (excluding diaryl/α,β-unsaturated/α-hetero) is 1. The Hall–Kier alpha value is -3.68. The van der Waals surface area contributed by atoms with Crippen molar-refractivity contribution in [2.75, 3.05) is 38.3 Å². The molecule has 8 nitrogen and oxygen atoms in total. The molecular formula is C26H30N2O6. The van der Waals surface area contributed by atoms with Crippen LogP contribution < -0.4 is 14.4 Å². The van der Waals surface area contributed by atoms with E-state index in [0.717, 1.165) is 12.1 Å². The fraction of sp³-hybridized carbons (Fsp3) is 0.385. The van der Waals surface area contributed by atoms with Crippen molar-refractivity contribution in [2.45, 2.75) is 32.7 Å². The van der Waals surface area contributed by atoms with Gasteiger partial charge in [-0.15, -0.1) is 0 Å². The number of nitrogens with zero attached hydrogens (tertiary/aromatic N) is 2. The molecule has 1 atom stereocenters. The summed E-state index contributed by atoms with van der Waals surface area (Å²) in [5, 5.41) is 21.5. The molecule has 0 bridgehead atoms. The summed E-state index contributed by atoms with van der Waals surface area (Å²) in [4.78, 5) is 29.7. The number of unbranched alkanes of at least 4 members (excludes halogenated alkanes) is 1. The van der Waals surface area contributed by atoms with Gasteiger partial charge >= 0.3 is 0 Å². The summed E-state index contributed by atoms with van der Waals surface area (Å²) in [6, 6.07) is 9.16. The van der Waals surface area contributed by atoms with Crippen molar-refractivity contribution < 1.29 is 29.3 Å². The largest absolute Gasteiger partial charge is 0.507 e. The summed E-state index contributed by atoms with van der Waals surface area (Å²) >= 11 is 0. The Morgan fingerprint density at radius 2 is 1.97 bits per heavy atom. The molecule has 0 radical (unpaired) electrons. The maximum Gasteiger partial charge on any atom is 0.295 e. The predicted octanol–water partition coefficient (Wildman–Crippen LogP) is 3.84. The van der Waals surface area contributed by atoms with E-state index in [1.165, 1.54) is 11.0 Å². The average Bonchev–Trinajstić information content (AvgIpc) is 3.08. The lowest BCUT2D eigenvalue weighted by Gasteiger charge is -2.28. The molecule has 2 heterocycles. The zero-order valence-electron chi connectivity index (χ0n) is 19.7. The lowest BCUT2D eigenvalue weighted by molar-refractivity contribution is -0.139. The van der Waals surface area contributed by atoms with Gasteiger partial charge in [0.05, 0.1) is 30.5 Å².